The molecule has 0 atom stereocenters. The number of hydrogen-bond acceptors (Lipinski definition) is 6. The second-order valence-corrected chi connectivity index (χ2v) is 6.49. The molecule has 0 spiro atoms. The zero-order chi connectivity index (χ0) is 19.1. The smallest absolute Gasteiger partial charge is 0.337 e. The number of pyridine rings is 1. The van der Waals surface area contributed by atoms with Crippen LogP contribution in [-0.2, 0) is 0 Å². The molecule has 2 heterocycles. The van der Waals surface area contributed by atoms with Crippen LogP contribution in [0.1, 0.15) is 50.9 Å². The predicted octanol–water partition coefficient (Wildman–Crippen LogP) is 3.37. The van der Waals surface area contributed by atoms with Crippen LogP contribution < -0.4 is 10.1 Å². The molecule has 0 saturated heterocycles. The number of anilines is 1. The number of nitrogens with zero attached hydrogens (tertiary/aromatic N) is 2. The number of nitrogens with one attached hydrogen (secondary N) is 1. The number of aryl methyl sites for hydroxylation is 1. The van der Waals surface area contributed by atoms with Gasteiger partial charge in [-0.2, -0.15) is 0 Å². The van der Waals surface area contributed by atoms with Crippen LogP contribution in [0, 0.1) is 6.92 Å². The number of fused-ring (bicyclic) bond motifs is 1. The lowest BCUT2D eigenvalue weighted by Crippen LogP contribution is -2.16. The summed E-state index contributed by atoms with van der Waals surface area (Å²) in [6.45, 7) is 1.73. The first-order chi connectivity index (χ1) is 13.0. The Morgan fingerprint density at radius 3 is 2.70 bits per heavy atom. The van der Waals surface area contributed by atoms with Gasteiger partial charge in [-0.25, -0.2) is 9.78 Å². The highest BCUT2D eigenvalue weighted by molar-refractivity contribution is 6.14. The molecule has 1 aliphatic carbocycles. The van der Waals surface area contributed by atoms with Crippen molar-refractivity contribution < 1.29 is 24.0 Å². The number of aromatic nitrogens is 2. The van der Waals surface area contributed by atoms with E-state index in [2.05, 4.69) is 15.5 Å². The van der Waals surface area contributed by atoms with Crippen LogP contribution in [0.25, 0.3) is 11.1 Å². The third kappa shape index (κ3) is 3.10. The van der Waals surface area contributed by atoms with Gasteiger partial charge in [-0.15, -0.1) is 0 Å². The topological polar surface area (TPSA) is 115 Å². The number of carbonyl (C=O) groups excluding carboxylic acids is 1. The fourth-order valence-corrected chi connectivity index (χ4v) is 3.01. The fourth-order valence-electron chi connectivity index (χ4n) is 3.01. The Kier molecular flexibility index (Phi) is 4.02. The Bertz CT molecular complexity index is 1070. The van der Waals surface area contributed by atoms with E-state index in [1.54, 1.807) is 19.1 Å². The predicted molar refractivity (Wildman–Crippen MR) is 96.4 cm³/mol. The lowest BCUT2D eigenvalue weighted by Gasteiger charge is -2.11. The SMILES string of the molecule is COc1ccc(NC(=O)c2cc(C3CC3)nc3onc(C)c23)c(C(=O)O)c1. The zero-order valence-electron chi connectivity index (χ0n) is 14.8. The molecule has 8 heteroatoms. The molecule has 27 heavy (non-hydrogen) atoms. The Morgan fingerprint density at radius 2 is 2.04 bits per heavy atom. The number of carboxylic acids is 1. The largest absolute Gasteiger partial charge is 0.497 e. The summed E-state index contributed by atoms with van der Waals surface area (Å²) in [6.07, 6.45) is 2.04. The maximum absolute atomic E-state index is 13.0. The molecule has 0 aliphatic heterocycles. The molecule has 0 unspecified atom stereocenters. The summed E-state index contributed by atoms with van der Waals surface area (Å²) >= 11 is 0. The highest BCUT2D eigenvalue weighted by Gasteiger charge is 2.29. The summed E-state index contributed by atoms with van der Waals surface area (Å²) < 4.78 is 10.3. The molecular weight excluding hydrogens is 350 g/mol. The first kappa shape index (κ1) is 17.0. The van der Waals surface area contributed by atoms with E-state index in [9.17, 15) is 14.7 Å². The van der Waals surface area contributed by atoms with Gasteiger partial charge >= 0.3 is 5.97 Å². The first-order valence-corrected chi connectivity index (χ1v) is 8.47. The normalized spacial score (nSPS) is 13.6. The number of benzene rings is 1. The molecule has 1 aromatic carbocycles. The van der Waals surface area contributed by atoms with Gasteiger partial charge in [0.05, 0.1) is 35.0 Å². The van der Waals surface area contributed by atoms with E-state index < -0.39 is 11.9 Å². The van der Waals surface area contributed by atoms with Crippen molar-refractivity contribution in [2.24, 2.45) is 0 Å². The summed E-state index contributed by atoms with van der Waals surface area (Å²) in [5.74, 6) is -0.892. The van der Waals surface area contributed by atoms with Crippen molar-refractivity contribution in [1.82, 2.24) is 10.1 Å². The Hall–Kier alpha value is -3.42. The number of methoxy groups -OCH3 is 1. The third-order valence-electron chi connectivity index (χ3n) is 4.58. The number of hydrogen-bond donors (Lipinski definition) is 2. The second-order valence-electron chi connectivity index (χ2n) is 6.49. The Balaban J connectivity index is 1.75. The van der Waals surface area contributed by atoms with Crippen molar-refractivity contribution in [1.29, 1.82) is 0 Å². The molecule has 2 aromatic heterocycles. The van der Waals surface area contributed by atoms with Gasteiger partial charge in [0.2, 0.25) is 0 Å². The van der Waals surface area contributed by atoms with Gasteiger partial charge in [-0.05, 0) is 44.0 Å². The van der Waals surface area contributed by atoms with Gasteiger partial charge in [0.15, 0.2) is 0 Å². The van der Waals surface area contributed by atoms with Crippen molar-refractivity contribution in [3.63, 3.8) is 0 Å². The van der Waals surface area contributed by atoms with Gasteiger partial charge in [-0.1, -0.05) is 5.16 Å². The highest BCUT2D eigenvalue weighted by Crippen LogP contribution is 2.40. The Morgan fingerprint density at radius 1 is 1.26 bits per heavy atom. The lowest BCUT2D eigenvalue weighted by atomic mass is 10.1. The molecule has 1 amide bonds. The highest BCUT2D eigenvalue weighted by atomic mass is 16.5. The molecule has 0 radical (unpaired) electrons. The number of amides is 1. The number of carboxylic acid groups (broad SMARTS) is 1. The minimum atomic E-state index is -1.16. The third-order valence-corrected chi connectivity index (χ3v) is 4.58. The molecule has 1 saturated carbocycles. The maximum atomic E-state index is 13.0. The van der Waals surface area contributed by atoms with Crippen molar-refractivity contribution in [3.05, 3.63) is 46.8 Å². The molecule has 1 fully saturated rings. The van der Waals surface area contributed by atoms with E-state index in [1.807, 2.05) is 0 Å². The van der Waals surface area contributed by atoms with Gasteiger partial charge in [-0.3, -0.25) is 4.79 Å². The minimum absolute atomic E-state index is 0.0579. The summed E-state index contributed by atoms with van der Waals surface area (Å²) in [7, 11) is 1.45. The molecule has 1 aliphatic rings. The van der Waals surface area contributed by atoms with Crippen molar-refractivity contribution >= 4 is 28.7 Å². The van der Waals surface area contributed by atoms with Gasteiger partial charge < -0.3 is 19.7 Å². The van der Waals surface area contributed by atoms with E-state index in [-0.39, 0.29) is 11.3 Å². The molecule has 2 N–H and O–H groups in total. The first-order valence-electron chi connectivity index (χ1n) is 8.47. The lowest BCUT2D eigenvalue weighted by molar-refractivity contribution is 0.0697. The van der Waals surface area contributed by atoms with Crippen LogP contribution in [0.3, 0.4) is 0 Å². The summed E-state index contributed by atoms with van der Waals surface area (Å²) in [5, 5.41) is 16.6. The number of carbonyl (C=O) groups is 2. The van der Waals surface area contributed by atoms with Crippen LogP contribution in [0.2, 0.25) is 0 Å². The average molecular weight is 367 g/mol. The van der Waals surface area contributed by atoms with Gasteiger partial charge in [0.25, 0.3) is 11.6 Å². The monoisotopic (exact) mass is 367 g/mol. The second kappa shape index (κ2) is 6.39. The van der Waals surface area contributed by atoms with Crippen molar-refractivity contribution in [2.45, 2.75) is 25.7 Å². The summed E-state index contributed by atoms with van der Waals surface area (Å²) in [5.41, 5.74) is 2.15. The van der Waals surface area contributed by atoms with E-state index in [1.165, 1.54) is 19.2 Å². The summed E-state index contributed by atoms with van der Waals surface area (Å²) in [6, 6.07) is 6.19. The average Bonchev–Trinajstić information content (AvgIpc) is 3.45. The van der Waals surface area contributed by atoms with Crippen LogP contribution in [0.15, 0.2) is 28.8 Å². The molecule has 0 bridgehead atoms. The standard InChI is InChI=1S/C19H17N3O5/c1-9-16-13(8-15(10-3-4-10)21-18(16)27-22-9)17(23)20-14-6-5-11(26-2)7-12(14)19(24)25/h5-8,10H,3-4H2,1-2H3,(H,20,23)(H,24,25). The van der Waals surface area contributed by atoms with Crippen LogP contribution in [0.4, 0.5) is 5.69 Å². The van der Waals surface area contributed by atoms with Crippen LogP contribution >= 0.6 is 0 Å². The Labute approximate surface area is 154 Å². The zero-order valence-corrected chi connectivity index (χ0v) is 14.8. The quantitative estimate of drug-likeness (QED) is 0.710. The van der Waals surface area contributed by atoms with E-state index in [0.717, 1.165) is 18.5 Å². The minimum Gasteiger partial charge on any atom is -0.497 e. The van der Waals surface area contributed by atoms with Gasteiger partial charge in [0.1, 0.15) is 5.75 Å². The molecule has 4 rings (SSSR count). The summed E-state index contributed by atoms with van der Waals surface area (Å²) in [4.78, 5) is 29.0. The number of rotatable bonds is 5. The van der Waals surface area contributed by atoms with Crippen LogP contribution in [0.5, 0.6) is 5.75 Å². The van der Waals surface area contributed by atoms with Crippen molar-refractivity contribution in [2.75, 3.05) is 12.4 Å². The molecular formula is C19H17N3O5. The van der Waals surface area contributed by atoms with Gasteiger partial charge in [0, 0.05) is 11.6 Å². The number of aromatic carboxylic acids is 1. The van der Waals surface area contributed by atoms with E-state index >= 15 is 0 Å². The van der Waals surface area contributed by atoms with Crippen molar-refractivity contribution in [3.8, 4) is 5.75 Å². The fraction of sp³-hybridized carbons (Fsp3) is 0.263. The maximum Gasteiger partial charge on any atom is 0.337 e. The van der Waals surface area contributed by atoms with Crippen LogP contribution in [-0.4, -0.2) is 34.2 Å². The number of ether oxygens (including phenoxy) is 1. The molecule has 3 aromatic rings. The molecule has 138 valence electrons. The molecule has 8 nitrogen and oxygen atoms in total. The van der Waals surface area contributed by atoms with E-state index in [4.69, 9.17) is 9.26 Å². The van der Waals surface area contributed by atoms with E-state index in [0.29, 0.717) is 34.0 Å².